The molecule has 2 aromatic rings. The maximum atomic E-state index is 12.6. The van der Waals surface area contributed by atoms with Gasteiger partial charge in [-0.05, 0) is 45.9 Å². The second kappa shape index (κ2) is 7.79. The number of carbonyl (C=O) groups excluding carboxylic acids is 1. The number of aromatic nitrogens is 4. The number of carbonyl (C=O) groups is 1. The monoisotopic (exact) mass is 347 g/mol. The average molecular weight is 347 g/mol. The Morgan fingerprint density at radius 1 is 1.29 bits per heavy atom. The maximum absolute atomic E-state index is 12.6. The van der Waals surface area contributed by atoms with Crippen LogP contribution in [-0.2, 0) is 6.54 Å². The van der Waals surface area contributed by atoms with Gasteiger partial charge in [0.25, 0.3) is 5.91 Å². The van der Waals surface area contributed by atoms with Crippen molar-refractivity contribution in [2.75, 3.05) is 12.8 Å². The van der Waals surface area contributed by atoms with Crippen LogP contribution in [0.25, 0.3) is 0 Å². The molecule has 2 aromatic heterocycles. The lowest BCUT2D eigenvalue weighted by Crippen LogP contribution is -2.31. The summed E-state index contributed by atoms with van der Waals surface area (Å²) in [6.45, 7) is 11.2. The van der Waals surface area contributed by atoms with E-state index in [2.05, 4.69) is 33.4 Å². The zero-order chi connectivity index (χ0) is 17.9. The second-order valence-electron chi connectivity index (χ2n) is 6.16. The van der Waals surface area contributed by atoms with Crippen molar-refractivity contribution in [1.82, 2.24) is 25.1 Å². The molecule has 1 atom stereocenters. The molecule has 0 aliphatic rings. The van der Waals surface area contributed by atoms with Gasteiger partial charge in [-0.2, -0.15) is 5.10 Å². The third kappa shape index (κ3) is 4.35. The van der Waals surface area contributed by atoms with Crippen LogP contribution >= 0.6 is 11.8 Å². The predicted octanol–water partition coefficient (Wildman–Crippen LogP) is 2.69. The van der Waals surface area contributed by atoms with Crippen LogP contribution in [0.3, 0.4) is 0 Å². The van der Waals surface area contributed by atoms with Crippen molar-refractivity contribution in [3.63, 3.8) is 0 Å². The van der Waals surface area contributed by atoms with Crippen molar-refractivity contribution in [3.05, 3.63) is 34.5 Å². The maximum Gasteiger partial charge on any atom is 0.255 e. The highest BCUT2D eigenvalue weighted by atomic mass is 32.2. The highest BCUT2D eigenvalue weighted by Gasteiger charge is 2.18. The lowest BCUT2D eigenvalue weighted by Gasteiger charge is -2.15. The van der Waals surface area contributed by atoms with Gasteiger partial charge in [-0.15, -0.1) is 11.8 Å². The van der Waals surface area contributed by atoms with Crippen LogP contribution < -0.4 is 5.32 Å². The third-order valence-corrected chi connectivity index (χ3v) is 4.47. The van der Waals surface area contributed by atoms with Gasteiger partial charge in [0, 0.05) is 18.8 Å². The molecule has 1 amide bonds. The van der Waals surface area contributed by atoms with E-state index < -0.39 is 0 Å². The number of nitrogens with zero attached hydrogens (tertiary/aromatic N) is 4. The van der Waals surface area contributed by atoms with Gasteiger partial charge < -0.3 is 5.32 Å². The Morgan fingerprint density at radius 3 is 2.58 bits per heavy atom. The summed E-state index contributed by atoms with van der Waals surface area (Å²) in [5, 5.41) is 8.20. The molecule has 0 aromatic carbocycles. The zero-order valence-corrected chi connectivity index (χ0v) is 16.0. The molecule has 0 spiro atoms. The molecule has 2 heterocycles. The lowest BCUT2D eigenvalue weighted by molar-refractivity contribution is 0.0941. The summed E-state index contributed by atoms with van der Waals surface area (Å²) in [4.78, 5) is 21.2. The minimum atomic E-state index is -0.114. The molecular weight excluding hydrogens is 322 g/mol. The molecule has 7 heteroatoms. The Hall–Kier alpha value is -1.89. The van der Waals surface area contributed by atoms with E-state index in [-0.39, 0.29) is 11.8 Å². The highest BCUT2D eigenvalue weighted by Crippen LogP contribution is 2.20. The largest absolute Gasteiger partial charge is 0.352 e. The summed E-state index contributed by atoms with van der Waals surface area (Å²) < 4.78 is 1.99. The van der Waals surface area contributed by atoms with Crippen LogP contribution in [0.5, 0.6) is 0 Å². The molecule has 0 bridgehead atoms. The Balaban J connectivity index is 2.02. The molecule has 0 radical (unpaired) electrons. The Kier molecular flexibility index (Phi) is 5.99. The van der Waals surface area contributed by atoms with E-state index >= 15 is 0 Å². The molecule has 0 saturated carbocycles. The van der Waals surface area contributed by atoms with E-state index in [4.69, 9.17) is 0 Å². The number of hydrogen-bond donors (Lipinski definition) is 1. The Bertz CT molecular complexity index is 741. The second-order valence-corrected chi connectivity index (χ2v) is 6.96. The SMILES string of the molecule is CSc1nc(C)nc(C)c1C(=O)NCC(C)Cn1nc(C)cc1C. The minimum Gasteiger partial charge on any atom is -0.352 e. The van der Waals surface area contributed by atoms with Crippen LogP contribution in [0, 0.1) is 33.6 Å². The van der Waals surface area contributed by atoms with Crippen molar-refractivity contribution < 1.29 is 4.79 Å². The summed E-state index contributed by atoms with van der Waals surface area (Å²) in [5.41, 5.74) is 3.45. The molecule has 0 aliphatic carbocycles. The van der Waals surface area contributed by atoms with Gasteiger partial charge in [-0.25, -0.2) is 9.97 Å². The lowest BCUT2D eigenvalue weighted by atomic mass is 10.1. The molecule has 130 valence electrons. The number of amides is 1. The molecule has 2 rings (SSSR count). The Labute approximate surface area is 147 Å². The van der Waals surface area contributed by atoms with Crippen molar-refractivity contribution >= 4 is 17.7 Å². The van der Waals surface area contributed by atoms with Crippen molar-refractivity contribution in [1.29, 1.82) is 0 Å². The van der Waals surface area contributed by atoms with Gasteiger partial charge >= 0.3 is 0 Å². The molecular formula is C17H25N5OS. The standard InChI is InChI=1S/C17H25N5OS/c1-10(9-22-12(3)7-11(2)21-22)8-18-16(23)15-13(4)19-14(5)20-17(15)24-6/h7,10H,8-9H2,1-6H3,(H,18,23). The first-order chi connectivity index (χ1) is 11.3. The molecule has 0 saturated heterocycles. The summed E-state index contributed by atoms with van der Waals surface area (Å²) >= 11 is 1.47. The quantitative estimate of drug-likeness (QED) is 0.642. The topological polar surface area (TPSA) is 72.7 Å². The van der Waals surface area contributed by atoms with Crippen molar-refractivity contribution in [3.8, 4) is 0 Å². The molecule has 1 unspecified atom stereocenters. The van der Waals surface area contributed by atoms with Crippen LogP contribution in [0.4, 0.5) is 0 Å². The van der Waals surface area contributed by atoms with Crippen LogP contribution in [0.1, 0.15) is 40.2 Å². The number of rotatable bonds is 6. The fraction of sp³-hybridized carbons (Fsp3) is 0.529. The molecule has 1 N–H and O–H groups in total. The van der Waals surface area contributed by atoms with Gasteiger partial charge in [0.15, 0.2) is 0 Å². The number of nitrogens with one attached hydrogen (secondary N) is 1. The summed E-state index contributed by atoms with van der Waals surface area (Å²) in [6.07, 6.45) is 1.92. The van der Waals surface area contributed by atoms with E-state index in [1.165, 1.54) is 11.8 Å². The van der Waals surface area contributed by atoms with Crippen molar-refractivity contribution in [2.45, 2.75) is 46.2 Å². The smallest absolute Gasteiger partial charge is 0.255 e. The number of aryl methyl sites for hydroxylation is 4. The average Bonchev–Trinajstić information content (AvgIpc) is 2.81. The normalized spacial score (nSPS) is 12.2. The first-order valence-corrected chi connectivity index (χ1v) is 9.22. The van der Waals surface area contributed by atoms with Crippen LogP contribution in [-0.4, -0.2) is 38.5 Å². The van der Waals surface area contributed by atoms with E-state index in [9.17, 15) is 4.79 Å². The number of thioether (sulfide) groups is 1. The van der Waals surface area contributed by atoms with Gasteiger partial charge in [0.1, 0.15) is 10.9 Å². The minimum absolute atomic E-state index is 0.114. The van der Waals surface area contributed by atoms with Gasteiger partial charge in [0.05, 0.1) is 17.0 Å². The van der Waals surface area contributed by atoms with E-state index in [1.807, 2.05) is 38.6 Å². The molecule has 0 aliphatic heterocycles. The molecule has 0 fully saturated rings. The van der Waals surface area contributed by atoms with Gasteiger partial charge in [-0.3, -0.25) is 9.48 Å². The van der Waals surface area contributed by atoms with E-state index in [0.717, 1.165) is 28.7 Å². The van der Waals surface area contributed by atoms with E-state index in [0.29, 0.717) is 17.9 Å². The van der Waals surface area contributed by atoms with Crippen LogP contribution in [0.2, 0.25) is 0 Å². The van der Waals surface area contributed by atoms with E-state index in [1.54, 1.807) is 0 Å². The fourth-order valence-corrected chi connectivity index (χ4v) is 3.33. The van der Waals surface area contributed by atoms with Crippen molar-refractivity contribution in [2.24, 2.45) is 5.92 Å². The highest BCUT2D eigenvalue weighted by molar-refractivity contribution is 7.98. The predicted molar refractivity (Wildman–Crippen MR) is 96.5 cm³/mol. The first-order valence-electron chi connectivity index (χ1n) is 8.00. The number of hydrogen-bond acceptors (Lipinski definition) is 5. The fourth-order valence-electron chi connectivity index (χ4n) is 2.67. The summed E-state index contributed by atoms with van der Waals surface area (Å²) in [7, 11) is 0. The summed E-state index contributed by atoms with van der Waals surface area (Å²) in [6, 6.07) is 2.06. The van der Waals surface area contributed by atoms with Crippen LogP contribution in [0.15, 0.2) is 11.1 Å². The van der Waals surface area contributed by atoms with Gasteiger partial charge in [-0.1, -0.05) is 6.92 Å². The third-order valence-electron chi connectivity index (χ3n) is 3.79. The zero-order valence-electron chi connectivity index (χ0n) is 15.2. The first kappa shape index (κ1) is 18.4. The molecule has 6 nitrogen and oxygen atoms in total. The Morgan fingerprint density at radius 2 is 2.00 bits per heavy atom. The summed E-state index contributed by atoms with van der Waals surface area (Å²) in [5.74, 6) is 0.847. The molecule has 24 heavy (non-hydrogen) atoms. The van der Waals surface area contributed by atoms with Gasteiger partial charge in [0.2, 0.25) is 0 Å².